The Balaban J connectivity index is 3.82. The Bertz CT molecular complexity index is 53.9. The van der Waals surface area contributed by atoms with Gasteiger partial charge < -0.3 is 0 Å². The minimum Gasteiger partial charge on any atom is -0.241 e. The number of hydrogen-bond acceptors (Lipinski definition) is 2. The number of hydrogen-bond donors (Lipinski definition) is 1. The zero-order valence-corrected chi connectivity index (χ0v) is 7.20. The third-order valence-corrected chi connectivity index (χ3v) is 5.21. The van der Waals surface area contributed by atoms with Crippen molar-refractivity contribution >= 4 is 10.3 Å². The molecule has 0 aromatic carbocycles. The van der Waals surface area contributed by atoms with Crippen LogP contribution in [-0.2, 0) is 4.33 Å². The predicted molar refractivity (Wildman–Crippen MR) is 42.9 cm³/mol. The summed E-state index contributed by atoms with van der Waals surface area (Å²) in [7, 11) is -1.09. The highest BCUT2D eigenvalue weighted by Gasteiger charge is 2.17. The van der Waals surface area contributed by atoms with Gasteiger partial charge in [0.25, 0.3) is 0 Å². The van der Waals surface area contributed by atoms with Crippen LogP contribution in [0.2, 0.25) is 0 Å². The molecule has 0 heterocycles. The molecule has 0 saturated heterocycles. The van der Waals surface area contributed by atoms with Crippen LogP contribution in [-0.4, -0.2) is 22.5 Å². The van der Waals surface area contributed by atoms with E-state index in [9.17, 15) is 0 Å². The summed E-state index contributed by atoms with van der Waals surface area (Å²) in [4.78, 5) is 0. The second-order valence-electron chi connectivity index (χ2n) is 1.91. The third kappa shape index (κ3) is 2.16. The standard InChI is InChI=1S/C6H16O2S/c1-4-9(5-2,6-3)8-7/h7H,4-6H2,1-3H3. The minimum absolute atomic E-state index is 0.955. The molecule has 0 spiro atoms. The maximum absolute atomic E-state index is 8.51. The molecule has 0 radical (unpaired) electrons. The highest BCUT2D eigenvalue weighted by molar-refractivity contribution is 8.29. The van der Waals surface area contributed by atoms with Crippen molar-refractivity contribution in [1.82, 2.24) is 0 Å². The van der Waals surface area contributed by atoms with E-state index in [1.165, 1.54) is 0 Å². The van der Waals surface area contributed by atoms with Crippen LogP contribution >= 0.6 is 10.3 Å². The summed E-state index contributed by atoms with van der Waals surface area (Å²) in [6.45, 7) is 6.16. The van der Waals surface area contributed by atoms with Gasteiger partial charge in [-0.3, -0.25) is 0 Å². The van der Waals surface area contributed by atoms with Crippen molar-refractivity contribution in [3.8, 4) is 0 Å². The van der Waals surface area contributed by atoms with E-state index in [0.717, 1.165) is 17.3 Å². The van der Waals surface area contributed by atoms with E-state index in [-0.39, 0.29) is 0 Å². The van der Waals surface area contributed by atoms with Crippen LogP contribution in [0.3, 0.4) is 0 Å². The summed E-state index contributed by atoms with van der Waals surface area (Å²) in [5, 5.41) is 8.51. The first-order chi connectivity index (χ1) is 4.24. The van der Waals surface area contributed by atoms with Gasteiger partial charge in [0, 0.05) is 0 Å². The molecule has 0 rings (SSSR count). The normalized spacial score (nSPS) is 13.8. The van der Waals surface area contributed by atoms with Gasteiger partial charge in [-0.1, -0.05) is 20.8 Å². The third-order valence-electron chi connectivity index (χ3n) is 1.74. The molecule has 0 amide bonds. The molecule has 0 saturated carbocycles. The largest absolute Gasteiger partial charge is 0.241 e. The first-order valence-electron chi connectivity index (χ1n) is 3.34. The monoisotopic (exact) mass is 152 g/mol. The lowest BCUT2D eigenvalue weighted by molar-refractivity contribution is -0.124. The van der Waals surface area contributed by atoms with Crippen molar-refractivity contribution in [3.63, 3.8) is 0 Å². The van der Waals surface area contributed by atoms with E-state index in [0.29, 0.717) is 0 Å². The van der Waals surface area contributed by atoms with Crippen molar-refractivity contribution in [2.24, 2.45) is 0 Å². The minimum atomic E-state index is -1.09. The van der Waals surface area contributed by atoms with Crippen molar-refractivity contribution in [2.75, 3.05) is 17.3 Å². The Morgan fingerprint density at radius 3 is 1.44 bits per heavy atom. The fourth-order valence-corrected chi connectivity index (χ4v) is 2.31. The van der Waals surface area contributed by atoms with E-state index in [1.54, 1.807) is 0 Å². The van der Waals surface area contributed by atoms with Crippen molar-refractivity contribution in [3.05, 3.63) is 0 Å². The average Bonchev–Trinajstić information content (AvgIpc) is 1.95. The molecule has 0 atom stereocenters. The van der Waals surface area contributed by atoms with Crippen molar-refractivity contribution in [2.45, 2.75) is 20.8 Å². The van der Waals surface area contributed by atoms with Gasteiger partial charge in [-0.05, 0) is 17.3 Å². The summed E-state index contributed by atoms with van der Waals surface area (Å²) in [6.07, 6.45) is 0. The van der Waals surface area contributed by atoms with Crippen LogP contribution < -0.4 is 0 Å². The van der Waals surface area contributed by atoms with Crippen LogP contribution in [0, 0.1) is 0 Å². The van der Waals surface area contributed by atoms with Gasteiger partial charge in [-0.2, -0.15) is 4.33 Å². The van der Waals surface area contributed by atoms with Gasteiger partial charge in [0.05, 0.1) is 0 Å². The summed E-state index contributed by atoms with van der Waals surface area (Å²) < 4.78 is 4.47. The molecule has 2 nitrogen and oxygen atoms in total. The lowest BCUT2D eigenvalue weighted by Crippen LogP contribution is -2.10. The Morgan fingerprint density at radius 1 is 1.11 bits per heavy atom. The molecule has 0 aromatic rings. The topological polar surface area (TPSA) is 29.5 Å². The zero-order valence-electron chi connectivity index (χ0n) is 6.39. The fraction of sp³-hybridized carbons (Fsp3) is 1.00. The lowest BCUT2D eigenvalue weighted by atomic mass is 10.9. The van der Waals surface area contributed by atoms with Gasteiger partial charge in [0.15, 0.2) is 0 Å². The van der Waals surface area contributed by atoms with Crippen LogP contribution in [0.25, 0.3) is 0 Å². The van der Waals surface area contributed by atoms with Crippen LogP contribution in [0.15, 0.2) is 0 Å². The van der Waals surface area contributed by atoms with Gasteiger partial charge in [-0.25, -0.2) is 5.26 Å². The predicted octanol–water partition coefficient (Wildman–Crippen LogP) is 2.26. The Labute approximate surface area is 58.7 Å². The van der Waals surface area contributed by atoms with Gasteiger partial charge in [0.1, 0.15) is 0 Å². The Kier molecular flexibility index (Phi) is 4.27. The van der Waals surface area contributed by atoms with Gasteiger partial charge >= 0.3 is 0 Å². The lowest BCUT2D eigenvalue weighted by Gasteiger charge is -2.31. The van der Waals surface area contributed by atoms with E-state index < -0.39 is 10.3 Å². The van der Waals surface area contributed by atoms with E-state index in [1.807, 2.05) is 0 Å². The maximum atomic E-state index is 8.51. The maximum Gasteiger partial charge on any atom is -0.00104 e. The molecule has 0 unspecified atom stereocenters. The SMILES string of the molecule is CCS(CC)(CC)OO. The van der Waals surface area contributed by atoms with E-state index in [2.05, 4.69) is 25.1 Å². The molecule has 58 valence electrons. The Hall–Kier alpha value is 0.270. The van der Waals surface area contributed by atoms with Crippen LogP contribution in [0.1, 0.15) is 20.8 Å². The fourth-order valence-electron chi connectivity index (χ4n) is 0.770. The summed E-state index contributed by atoms with van der Waals surface area (Å²) in [5.74, 6) is 2.86. The van der Waals surface area contributed by atoms with Crippen LogP contribution in [0.4, 0.5) is 0 Å². The second-order valence-corrected chi connectivity index (χ2v) is 5.72. The molecule has 0 bridgehead atoms. The quantitative estimate of drug-likeness (QED) is 0.494. The smallest absolute Gasteiger partial charge is 0.00104 e. The van der Waals surface area contributed by atoms with Crippen molar-refractivity contribution in [1.29, 1.82) is 0 Å². The first kappa shape index (κ1) is 9.27. The summed E-state index contributed by atoms with van der Waals surface area (Å²) >= 11 is 0. The molecular formula is C6H16O2S. The molecule has 9 heavy (non-hydrogen) atoms. The molecular weight excluding hydrogens is 136 g/mol. The van der Waals surface area contributed by atoms with Crippen LogP contribution in [0.5, 0.6) is 0 Å². The molecule has 0 aliphatic rings. The molecule has 0 aliphatic carbocycles. The molecule has 3 heteroatoms. The highest BCUT2D eigenvalue weighted by Crippen LogP contribution is 2.46. The van der Waals surface area contributed by atoms with E-state index in [4.69, 9.17) is 5.26 Å². The highest BCUT2D eigenvalue weighted by atomic mass is 32.3. The molecule has 0 aromatic heterocycles. The van der Waals surface area contributed by atoms with Gasteiger partial charge in [0.2, 0.25) is 0 Å². The average molecular weight is 152 g/mol. The zero-order chi connectivity index (χ0) is 7.33. The Morgan fingerprint density at radius 2 is 1.44 bits per heavy atom. The van der Waals surface area contributed by atoms with Gasteiger partial charge in [-0.15, -0.1) is 10.3 Å². The van der Waals surface area contributed by atoms with E-state index >= 15 is 0 Å². The molecule has 1 N–H and O–H groups in total. The van der Waals surface area contributed by atoms with Crippen molar-refractivity contribution < 1.29 is 9.59 Å². The first-order valence-corrected chi connectivity index (χ1v) is 5.40. The number of rotatable bonds is 4. The molecule has 0 aliphatic heterocycles. The summed E-state index contributed by atoms with van der Waals surface area (Å²) in [6, 6.07) is 0. The second kappa shape index (κ2) is 4.14. The summed E-state index contributed by atoms with van der Waals surface area (Å²) in [5.41, 5.74) is 0. The molecule has 0 fully saturated rings.